The van der Waals surface area contributed by atoms with Gasteiger partial charge in [0.15, 0.2) is 5.58 Å². The minimum Gasteiger partial charge on any atom is -0.423 e. The molecule has 1 atom stereocenters. The average Bonchev–Trinajstić information content (AvgIpc) is 2.98. The third-order valence-corrected chi connectivity index (χ3v) is 4.40. The van der Waals surface area contributed by atoms with Gasteiger partial charge >= 0.3 is 0 Å². The smallest absolute Gasteiger partial charge is 0.298 e. The molecule has 1 fully saturated rings. The van der Waals surface area contributed by atoms with Crippen molar-refractivity contribution in [2.24, 2.45) is 0 Å². The summed E-state index contributed by atoms with van der Waals surface area (Å²) in [6, 6.07) is 8.95. The van der Waals surface area contributed by atoms with Crippen molar-refractivity contribution in [1.29, 1.82) is 0 Å². The van der Waals surface area contributed by atoms with Gasteiger partial charge in [0.1, 0.15) is 5.52 Å². The zero-order valence-corrected chi connectivity index (χ0v) is 13.8. The summed E-state index contributed by atoms with van der Waals surface area (Å²) in [7, 11) is 0. The number of hydrogen-bond donors (Lipinski definition) is 1. The van der Waals surface area contributed by atoms with E-state index in [9.17, 15) is 4.39 Å². The molecule has 1 aliphatic rings. The van der Waals surface area contributed by atoms with Crippen molar-refractivity contribution in [3.05, 3.63) is 41.3 Å². The van der Waals surface area contributed by atoms with Crippen LogP contribution >= 0.6 is 11.6 Å². The second-order valence-corrected chi connectivity index (χ2v) is 6.33. The monoisotopic (exact) mass is 346 g/mol. The zero-order valence-electron chi connectivity index (χ0n) is 13.1. The Morgan fingerprint density at radius 1 is 1.33 bits per heavy atom. The van der Waals surface area contributed by atoms with Crippen LogP contribution in [0.5, 0.6) is 0 Å². The summed E-state index contributed by atoms with van der Waals surface area (Å²) in [5.41, 5.74) is 2.32. The second kappa shape index (κ2) is 6.03. The fourth-order valence-electron chi connectivity index (χ4n) is 2.98. The third kappa shape index (κ3) is 2.72. The van der Waals surface area contributed by atoms with Gasteiger partial charge in [-0.05, 0) is 31.2 Å². The van der Waals surface area contributed by atoms with Crippen molar-refractivity contribution in [3.63, 3.8) is 0 Å². The maximum Gasteiger partial charge on any atom is 0.298 e. The fraction of sp³-hybridized carbons (Fsp3) is 0.294. The van der Waals surface area contributed by atoms with Gasteiger partial charge in [0, 0.05) is 36.3 Å². The van der Waals surface area contributed by atoms with E-state index in [-0.39, 0.29) is 6.04 Å². The Bertz CT molecular complexity index is 897. The molecule has 7 heteroatoms. The summed E-state index contributed by atoms with van der Waals surface area (Å²) in [6.07, 6.45) is 0. The average molecular weight is 347 g/mol. The van der Waals surface area contributed by atoms with E-state index < -0.39 is 5.95 Å². The van der Waals surface area contributed by atoms with E-state index in [0.717, 1.165) is 19.6 Å². The zero-order chi connectivity index (χ0) is 16.7. The summed E-state index contributed by atoms with van der Waals surface area (Å²) in [6.45, 7) is 4.68. The first-order valence-electron chi connectivity index (χ1n) is 7.82. The Morgan fingerprint density at radius 3 is 3.00 bits per heavy atom. The van der Waals surface area contributed by atoms with Gasteiger partial charge in [0.05, 0.1) is 5.69 Å². The number of halogens is 2. The molecule has 0 bridgehead atoms. The molecule has 3 heterocycles. The Hall–Kier alpha value is -2.18. The van der Waals surface area contributed by atoms with Gasteiger partial charge in [-0.15, -0.1) is 0 Å². The lowest BCUT2D eigenvalue weighted by molar-refractivity contribution is 0.456. The summed E-state index contributed by atoms with van der Waals surface area (Å²) in [4.78, 5) is 10.6. The predicted molar refractivity (Wildman–Crippen MR) is 91.9 cm³/mol. The normalized spacial score (nSPS) is 18.3. The van der Waals surface area contributed by atoms with Crippen molar-refractivity contribution in [2.75, 3.05) is 24.5 Å². The van der Waals surface area contributed by atoms with E-state index >= 15 is 0 Å². The fourth-order valence-corrected chi connectivity index (χ4v) is 3.20. The van der Waals surface area contributed by atoms with Gasteiger partial charge in [-0.25, -0.2) is 4.98 Å². The minimum atomic E-state index is -0.545. The van der Waals surface area contributed by atoms with Crippen molar-refractivity contribution < 1.29 is 8.81 Å². The van der Waals surface area contributed by atoms with Crippen LogP contribution in [0.1, 0.15) is 6.92 Å². The molecule has 2 aromatic heterocycles. The van der Waals surface area contributed by atoms with Crippen molar-refractivity contribution in [3.8, 4) is 11.3 Å². The molecule has 1 aromatic carbocycles. The van der Waals surface area contributed by atoms with Crippen molar-refractivity contribution >= 4 is 28.7 Å². The number of anilines is 1. The van der Waals surface area contributed by atoms with Gasteiger partial charge in [0.2, 0.25) is 5.95 Å². The third-order valence-electron chi connectivity index (χ3n) is 4.18. The van der Waals surface area contributed by atoms with Gasteiger partial charge in [-0.2, -0.15) is 9.37 Å². The van der Waals surface area contributed by atoms with Gasteiger partial charge in [-0.3, -0.25) is 0 Å². The minimum absolute atomic E-state index is 0.276. The van der Waals surface area contributed by atoms with E-state index in [4.69, 9.17) is 16.0 Å². The van der Waals surface area contributed by atoms with Gasteiger partial charge in [0.25, 0.3) is 6.01 Å². The Morgan fingerprint density at radius 2 is 2.21 bits per heavy atom. The molecule has 3 aromatic rings. The highest BCUT2D eigenvalue weighted by atomic mass is 35.5. The number of benzene rings is 1. The van der Waals surface area contributed by atoms with Crippen LogP contribution in [-0.2, 0) is 0 Å². The van der Waals surface area contributed by atoms with E-state index in [0.29, 0.717) is 33.4 Å². The first-order valence-corrected chi connectivity index (χ1v) is 8.20. The maximum absolute atomic E-state index is 13.5. The number of pyridine rings is 1. The summed E-state index contributed by atoms with van der Waals surface area (Å²) < 4.78 is 19.5. The molecule has 1 N–H and O–H groups in total. The van der Waals surface area contributed by atoms with E-state index in [2.05, 4.69) is 27.1 Å². The van der Waals surface area contributed by atoms with Gasteiger partial charge < -0.3 is 14.6 Å². The number of piperazine rings is 1. The molecule has 1 saturated heterocycles. The molecule has 0 aliphatic carbocycles. The molecule has 0 unspecified atom stereocenters. The molecule has 0 amide bonds. The number of aromatic nitrogens is 2. The molecule has 124 valence electrons. The van der Waals surface area contributed by atoms with Crippen LogP contribution < -0.4 is 10.2 Å². The lowest BCUT2D eigenvalue weighted by Gasteiger charge is -2.32. The first-order chi connectivity index (χ1) is 11.6. The predicted octanol–water partition coefficient (Wildman–Crippen LogP) is 3.48. The molecular formula is C17H16ClFN4O. The number of oxazole rings is 1. The van der Waals surface area contributed by atoms with Crippen molar-refractivity contribution in [2.45, 2.75) is 13.0 Å². The molecule has 0 radical (unpaired) electrons. The largest absolute Gasteiger partial charge is 0.423 e. The van der Waals surface area contributed by atoms with Crippen LogP contribution in [0, 0.1) is 5.95 Å². The highest BCUT2D eigenvalue weighted by Gasteiger charge is 2.24. The molecule has 1 aliphatic heterocycles. The van der Waals surface area contributed by atoms with Crippen LogP contribution in [0.25, 0.3) is 22.4 Å². The number of nitrogens with one attached hydrogen (secondary N) is 1. The first kappa shape index (κ1) is 15.4. The number of hydrogen-bond acceptors (Lipinski definition) is 5. The molecule has 0 saturated carbocycles. The molecule has 0 spiro atoms. The Labute approximate surface area is 143 Å². The highest BCUT2D eigenvalue weighted by Crippen LogP contribution is 2.34. The molecule has 4 rings (SSSR count). The van der Waals surface area contributed by atoms with Crippen LogP contribution in [0.3, 0.4) is 0 Å². The molecular weight excluding hydrogens is 331 g/mol. The second-order valence-electron chi connectivity index (χ2n) is 5.89. The number of nitrogens with zero attached hydrogens (tertiary/aromatic N) is 3. The van der Waals surface area contributed by atoms with E-state index in [1.807, 2.05) is 0 Å². The Kier molecular flexibility index (Phi) is 3.86. The molecule has 5 nitrogen and oxygen atoms in total. The topological polar surface area (TPSA) is 54.2 Å². The summed E-state index contributed by atoms with van der Waals surface area (Å²) in [5, 5.41) is 3.85. The maximum atomic E-state index is 13.5. The quantitative estimate of drug-likeness (QED) is 0.720. The van der Waals surface area contributed by atoms with Crippen LogP contribution in [0.2, 0.25) is 5.02 Å². The highest BCUT2D eigenvalue weighted by molar-refractivity contribution is 6.31. The van der Waals surface area contributed by atoms with E-state index in [1.165, 1.54) is 6.07 Å². The van der Waals surface area contributed by atoms with E-state index in [1.54, 1.807) is 24.3 Å². The Balaban J connectivity index is 1.85. The SMILES string of the molecule is C[C@H]1CNCCN1c1nc2cc(Cl)cc(-c3cccc(F)n3)c2o1. The van der Waals surface area contributed by atoms with Crippen molar-refractivity contribution in [1.82, 2.24) is 15.3 Å². The number of rotatable bonds is 2. The molecule has 24 heavy (non-hydrogen) atoms. The van der Waals surface area contributed by atoms with Crippen LogP contribution in [0.15, 0.2) is 34.7 Å². The lowest BCUT2D eigenvalue weighted by Crippen LogP contribution is -2.50. The summed E-state index contributed by atoms with van der Waals surface area (Å²) in [5.74, 6) is -0.545. The number of fused-ring (bicyclic) bond motifs is 1. The lowest BCUT2D eigenvalue weighted by atomic mass is 10.1. The van der Waals surface area contributed by atoms with Crippen LogP contribution in [-0.4, -0.2) is 35.6 Å². The summed E-state index contributed by atoms with van der Waals surface area (Å²) >= 11 is 6.21. The van der Waals surface area contributed by atoms with Crippen LogP contribution in [0.4, 0.5) is 10.4 Å². The van der Waals surface area contributed by atoms with Gasteiger partial charge in [-0.1, -0.05) is 17.7 Å². The standard InChI is InChI=1S/C17H16ClFN4O/c1-10-9-20-5-6-23(10)17-22-14-8-11(18)7-12(16(14)24-17)13-3-2-4-15(19)21-13/h2-4,7-8,10,20H,5-6,9H2,1H3/t10-/m0/s1.